The van der Waals surface area contributed by atoms with Gasteiger partial charge in [0.15, 0.2) is 11.5 Å². The first-order valence-electron chi connectivity index (χ1n) is 10.3. The Labute approximate surface area is 172 Å². The Bertz CT molecular complexity index is 587. The molecule has 0 bridgehead atoms. The second-order valence-corrected chi connectivity index (χ2v) is 7.32. The monoisotopic (exact) mass is 410 g/mol. The molecule has 1 aromatic carbocycles. The molecule has 29 heavy (non-hydrogen) atoms. The maximum atomic E-state index is 10.4. The lowest BCUT2D eigenvalue weighted by molar-refractivity contribution is -0.122. The molecule has 8 nitrogen and oxygen atoms in total. The van der Waals surface area contributed by atoms with Crippen molar-refractivity contribution in [1.82, 2.24) is 9.96 Å². The molecule has 1 aromatic rings. The number of hydrogen-bond acceptors (Lipinski definition) is 7. The van der Waals surface area contributed by atoms with Crippen LogP contribution in [0.15, 0.2) is 18.2 Å². The summed E-state index contributed by atoms with van der Waals surface area (Å²) in [5.74, 6) is 1.37. The van der Waals surface area contributed by atoms with Gasteiger partial charge in [0.25, 0.3) is 6.47 Å². The average molecular weight is 411 g/mol. The third kappa shape index (κ3) is 8.57. The first-order chi connectivity index (χ1) is 14.2. The summed E-state index contributed by atoms with van der Waals surface area (Å²) in [6, 6.07) is 5.93. The van der Waals surface area contributed by atoms with Gasteiger partial charge in [-0.25, -0.2) is 0 Å². The summed E-state index contributed by atoms with van der Waals surface area (Å²) >= 11 is 0. The summed E-state index contributed by atoms with van der Waals surface area (Å²) in [6.45, 7) is 5.33. The number of methoxy groups -OCH3 is 1. The van der Waals surface area contributed by atoms with Crippen molar-refractivity contribution in [2.45, 2.75) is 44.8 Å². The molecule has 2 fully saturated rings. The second kappa shape index (κ2) is 13.4. The van der Waals surface area contributed by atoms with E-state index in [1.165, 1.54) is 25.7 Å². The van der Waals surface area contributed by atoms with Crippen LogP contribution in [0.2, 0.25) is 0 Å². The van der Waals surface area contributed by atoms with Crippen LogP contribution in [0.5, 0.6) is 11.5 Å². The zero-order valence-electron chi connectivity index (χ0n) is 17.3. The second-order valence-electron chi connectivity index (χ2n) is 7.32. The highest BCUT2D eigenvalue weighted by molar-refractivity contribution is 5.43. The number of carboxylic acid groups (broad SMARTS) is 1. The number of aliphatic hydroxyl groups is 1. The van der Waals surface area contributed by atoms with E-state index >= 15 is 0 Å². The van der Waals surface area contributed by atoms with E-state index in [9.17, 15) is 5.11 Å². The average Bonchev–Trinajstić information content (AvgIpc) is 3.09. The summed E-state index contributed by atoms with van der Waals surface area (Å²) in [4.78, 5) is 16.3. The summed E-state index contributed by atoms with van der Waals surface area (Å²) in [6.07, 6.45) is 5.62. The molecule has 0 radical (unpaired) electrons. The molecule has 2 aliphatic rings. The Morgan fingerprint density at radius 1 is 1.14 bits per heavy atom. The van der Waals surface area contributed by atoms with Crippen molar-refractivity contribution < 1.29 is 29.3 Å². The molecule has 1 unspecified atom stereocenters. The predicted octanol–water partition coefficient (Wildman–Crippen LogP) is 2.15. The summed E-state index contributed by atoms with van der Waals surface area (Å²) in [5.41, 5.74) is 1.12. The normalized spacial score (nSPS) is 19.0. The van der Waals surface area contributed by atoms with Gasteiger partial charge in [-0.05, 0) is 50.0 Å². The summed E-state index contributed by atoms with van der Waals surface area (Å²) < 4.78 is 11.3. The molecule has 8 heteroatoms. The van der Waals surface area contributed by atoms with Gasteiger partial charge >= 0.3 is 0 Å². The predicted molar refractivity (Wildman–Crippen MR) is 109 cm³/mol. The minimum atomic E-state index is -0.497. The molecule has 3 rings (SSSR count). The van der Waals surface area contributed by atoms with E-state index in [1.54, 1.807) is 7.11 Å². The van der Waals surface area contributed by atoms with Crippen LogP contribution >= 0.6 is 0 Å². The largest absolute Gasteiger partial charge is 0.493 e. The minimum absolute atomic E-state index is 0.250. The number of hydrogen-bond donors (Lipinski definition) is 2. The van der Waals surface area contributed by atoms with Crippen LogP contribution in [-0.4, -0.2) is 79.3 Å². The molecule has 2 saturated heterocycles. The van der Waals surface area contributed by atoms with Gasteiger partial charge < -0.3 is 24.6 Å². The van der Waals surface area contributed by atoms with Crippen LogP contribution in [0.1, 0.15) is 37.7 Å². The molecule has 0 aromatic heterocycles. The molecule has 0 amide bonds. The highest BCUT2D eigenvalue weighted by Gasteiger charge is 2.17. The van der Waals surface area contributed by atoms with Gasteiger partial charge in [0.1, 0.15) is 12.7 Å². The van der Waals surface area contributed by atoms with Gasteiger partial charge in [0, 0.05) is 19.6 Å². The van der Waals surface area contributed by atoms with E-state index in [4.69, 9.17) is 24.2 Å². The van der Waals surface area contributed by atoms with Gasteiger partial charge in [-0.3, -0.25) is 9.63 Å². The molecule has 0 saturated carbocycles. The first kappa shape index (κ1) is 23.4. The Morgan fingerprint density at radius 3 is 2.48 bits per heavy atom. The van der Waals surface area contributed by atoms with Crippen LogP contribution in [-0.2, 0) is 16.2 Å². The fourth-order valence-corrected chi connectivity index (χ4v) is 3.62. The maximum Gasteiger partial charge on any atom is 0.290 e. The fraction of sp³-hybridized carbons (Fsp3) is 0.667. The molecule has 0 aliphatic carbocycles. The van der Waals surface area contributed by atoms with Gasteiger partial charge in [-0.15, -0.1) is 0 Å². The summed E-state index contributed by atoms with van der Waals surface area (Å²) in [5, 5.41) is 19.2. The number of β-amino-alcohol motifs (C(OH)–C–C–N with tert-alkyl or cyclic N) is 1. The zero-order chi connectivity index (χ0) is 20.9. The molecule has 2 aliphatic heterocycles. The Balaban J connectivity index is 0.000000941. The van der Waals surface area contributed by atoms with E-state index in [0.717, 1.165) is 44.8 Å². The van der Waals surface area contributed by atoms with Gasteiger partial charge in [-0.2, -0.15) is 5.06 Å². The van der Waals surface area contributed by atoms with Gasteiger partial charge in [0.05, 0.1) is 13.7 Å². The molecule has 2 heterocycles. The van der Waals surface area contributed by atoms with E-state index in [2.05, 4.69) is 4.90 Å². The number of rotatable bonds is 8. The number of likely N-dealkylation sites (tertiary alicyclic amines) is 1. The molecule has 2 N–H and O–H groups in total. The van der Waals surface area contributed by atoms with Crippen molar-refractivity contribution in [3.05, 3.63) is 23.8 Å². The summed E-state index contributed by atoms with van der Waals surface area (Å²) in [7, 11) is 1.64. The Hall–Kier alpha value is -1.87. The molecule has 1 atom stereocenters. The van der Waals surface area contributed by atoms with Crippen LogP contribution in [0.4, 0.5) is 0 Å². The van der Waals surface area contributed by atoms with Crippen molar-refractivity contribution in [3.63, 3.8) is 0 Å². The molecule has 164 valence electrons. The molecular weight excluding hydrogens is 376 g/mol. The number of hydroxylamine groups is 2. The lowest BCUT2D eigenvalue weighted by Gasteiger charge is -2.23. The highest BCUT2D eigenvalue weighted by Crippen LogP contribution is 2.29. The Kier molecular flexibility index (Phi) is 10.8. The number of nitrogens with zero attached hydrogens (tertiary/aromatic N) is 2. The van der Waals surface area contributed by atoms with E-state index < -0.39 is 6.10 Å². The zero-order valence-corrected chi connectivity index (χ0v) is 17.3. The van der Waals surface area contributed by atoms with Crippen molar-refractivity contribution in [2.75, 3.05) is 46.5 Å². The van der Waals surface area contributed by atoms with Gasteiger partial charge in [-0.1, -0.05) is 18.9 Å². The Morgan fingerprint density at radius 2 is 1.86 bits per heavy atom. The quantitative estimate of drug-likeness (QED) is 0.630. The highest BCUT2D eigenvalue weighted by atomic mass is 16.7. The minimum Gasteiger partial charge on any atom is -0.493 e. The smallest absolute Gasteiger partial charge is 0.290 e. The number of carbonyl (C=O) groups is 1. The maximum absolute atomic E-state index is 10.4. The van der Waals surface area contributed by atoms with Crippen molar-refractivity contribution in [2.24, 2.45) is 0 Å². The standard InChI is InChI=1S/C20H32N2O4.CH2O2/c1-24-19-8-7-17(14-22-11-6-12-26-22)13-20(19)25-16-18(23)15-21-9-4-2-3-5-10-21;2-1-3/h7-8,13,18,23H,2-6,9-12,14-16H2,1H3;1H,(H,2,3). The third-order valence-corrected chi connectivity index (χ3v) is 5.01. The van der Waals surface area contributed by atoms with Crippen molar-refractivity contribution in [3.8, 4) is 11.5 Å². The van der Waals surface area contributed by atoms with Crippen LogP contribution in [0.25, 0.3) is 0 Å². The van der Waals surface area contributed by atoms with Crippen LogP contribution < -0.4 is 9.47 Å². The van der Waals surface area contributed by atoms with Crippen LogP contribution in [0.3, 0.4) is 0 Å². The number of aliphatic hydroxyl groups excluding tert-OH is 1. The molecule has 0 spiro atoms. The topological polar surface area (TPSA) is 91.7 Å². The third-order valence-electron chi connectivity index (χ3n) is 5.01. The van der Waals surface area contributed by atoms with Crippen LogP contribution in [0, 0.1) is 0 Å². The number of benzene rings is 1. The fourth-order valence-electron chi connectivity index (χ4n) is 3.62. The van der Waals surface area contributed by atoms with E-state index in [-0.39, 0.29) is 13.1 Å². The lowest BCUT2D eigenvalue weighted by atomic mass is 10.2. The van der Waals surface area contributed by atoms with Crippen molar-refractivity contribution in [1.29, 1.82) is 0 Å². The van der Waals surface area contributed by atoms with Gasteiger partial charge in [0.2, 0.25) is 0 Å². The van der Waals surface area contributed by atoms with Crippen molar-refractivity contribution >= 4 is 6.47 Å². The number of ether oxygens (including phenoxy) is 2. The molecular formula is C21H34N2O6. The lowest BCUT2D eigenvalue weighted by Crippen LogP contribution is -2.36. The van der Waals surface area contributed by atoms with E-state index in [0.29, 0.717) is 18.0 Å². The SMILES string of the molecule is COc1ccc(CN2CCCO2)cc1OCC(O)CN1CCCCCC1.O=CO. The van der Waals surface area contributed by atoms with E-state index in [1.807, 2.05) is 23.3 Å². The first-order valence-corrected chi connectivity index (χ1v) is 10.3.